The quantitative estimate of drug-likeness (QED) is 0.619. The van der Waals surface area contributed by atoms with Crippen LogP contribution in [0.1, 0.15) is 13.3 Å². The van der Waals surface area contributed by atoms with Crippen molar-refractivity contribution in [2.24, 2.45) is 5.73 Å². The molecule has 0 amide bonds. The van der Waals surface area contributed by atoms with Gasteiger partial charge in [-0.3, -0.25) is 4.90 Å². The number of likely N-dealkylation sites (N-methyl/N-ethyl adjacent to an activating group) is 1. The van der Waals surface area contributed by atoms with Gasteiger partial charge in [-0.2, -0.15) is 0 Å². The molecule has 78 valence electrons. The van der Waals surface area contributed by atoms with Crippen LogP contribution in [0.4, 0.5) is 0 Å². The van der Waals surface area contributed by atoms with Gasteiger partial charge in [-0.15, -0.1) is 0 Å². The van der Waals surface area contributed by atoms with Gasteiger partial charge in [-0.1, -0.05) is 0 Å². The minimum Gasteiger partial charge on any atom is -0.395 e. The lowest BCUT2D eigenvalue weighted by atomic mass is 10.1. The molecule has 3 atom stereocenters. The van der Waals surface area contributed by atoms with E-state index in [2.05, 4.69) is 11.8 Å². The van der Waals surface area contributed by atoms with Crippen LogP contribution in [0.2, 0.25) is 0 Å². The van der Waals surface area contributed by atoms with Crippen LogP contribution >= 0.6 is 0 Å². The third kappa shape index (κ3) is 2.40. The highest BCUT2D eigenvalue weighted by atomic mass is 16.5. The van der Waals surface area contributed by atoms with Crippen molar-refractivity contribution in [2.75, 3.05) is 26.8 Å². The fraction of sp³-hybridized carbons (Fsp3) is 1.00. The molecule has 1 aliphatic rings. The maximum atomic E-state index is 9.08. The minimum absolute atomic E-state index is 0.0640. The number of aliphatic hydroxyl groups is 1. The molecule has 1 rings (SSSR count). The molecular formula is C9H20N2O2. The molecule has 0 aliphatic carbocycles. The van der Waals surface area contributed by atoms with Gasteiger partial charge in [0.2, 0.25) is 0 Å². The second-order valence-corrected chi connectivity index (χ2v) is 3.67. The molecule has 0 aromatic heterocycles. The molecule has 0 spiro atoms. The Morgan fingerprint density at radius 2 is 2.38 bits per heavy atom. The number of nitrogens with zero attached hydrogens (tertiary/aromatic N) is 1. The van der Waals surface area contributed by atoms with E-state index in [1.54, 1.807) is 0 Å². The van der Waals surface area contributed by atoms with Gasteiger partial charge in [-0.25, -0.2) is 0 Å². The van der Waals surface area contributed by atoms with Crippen LogP contribution in [0.5, 0.6) is 0 Å². The number of hydrogen-bond donors (Lipinski definition) is 2. The lowest BCUT2D eigenvalue weighted by Crippen LogP contribution is -2.48. The van der Waals surface area contributed by atoms with E-state index in [9.17, 15) is 0 Å². The first-order valence-corrected chi connectivity index (χ1v) is 4.85. The number of aliphatic hydroxyl groups excluding tert-OH is 1. The van der Waals surface area contributed by atoms with Crippen LogP contribution in [0, 0.1) is 0 Å². The van der Waals surface area contributed by atoms with Crippen LogP contribution in [0.25, 0.3) is 0 Å². The summed E-state index contributed by atoms with van der Waals surface area (Å²) in [6.45, 7) is 3.50. The predicted molar refractivity (Wildman–Crippen MR) is 51.5 cm³/mol. The van der Waals surface area contributed by atoms with Crippen LogP contribution in [0.15, 0.2) is 0 Å². The summed E-state index contributed by atoms with van der Waals surface area (Å²) < 4.78 is 5.46. The molecule has 3 unspecified atom stereocenters. The number of nitrogens with two attached hydrogens (primary N) is 1. The van der Waals surface area contributed by atoms with Gasteiger partial charge in [0, 0.05) is 25.2 Å². The average molecular weight is 188 g/mol. The highest BCUT2D eigenvalue weighted by molar-refractivity contribution is 4.84. The maximum Gasteiger partial charge on any atom is 0.0703 e. The molecule has 1 saturated heterocycles. The van der Waals surface area contributed by atoms with Crippen LogP contribution in [-0.2, 0) is 4.74 Å². The minimum atomic E-state index is 0.0640. The number of rotatable bonds is 4. The lowest BCUT2D eigenvalue weighted by molar-refractivity contribution is 0.0533. The van der Waals surface area contributed by atoms with E-state index < -0.39 is 0 Å². The monoisotopic (exact) mass is 188 g/mol. The zero-order chi connectivity index (χ0) is 9.84. The second kappa shape index (κ2) is 4.91. The van der Waals surface area contributed by atoms with Gasteiger partial charge in [0.05, 0.1) is 12.7 Å². The van der Waals surface area contributed by atoms with Gasteiger partial charge in [0.15, 0.2) is 0 Å². The molecule has 0 saturated carbocycles. The summed E-state index contributed by atoms with van der Waals surface area (Å²) in [5, 5.41) is 9.08. The van der Waals surface area contributed by atoms with E-state index in [-0.39, 0.29) is 18.8 Å². The fourth-order valence-corrected chi connectivity index (χ4v) is 1.90. The molecule has 1 fully saturated rings. The summed E-state index contributed by atoms with van der Waals surface area (Å²) >= 11 is 0. The van der Waals surface area contributed by atoms with Crippen LogP contribution in [-0.4, -0.2) is 55.0 Å². The van der Waals surface area contributed by atoms with E-state index in [4.69, 9.17) is 15.6 Å². The van der Waals surface area contributed by atoms with Crippen molar-refractivity contribution in [1.82, 2.24) is 4.90 Å². The Hall–Kier alpha value is -0.160. The van der Waals surface area contributed by atoms with E-state index in [0.717, 1.165) is 13.0 Å². The summed E-state index contributed by atoms with van der Waals surface area (Å²) in [5.41, 5.74) is 5.55. The highest BCUT2D eigenvalue weighted by Crippen LogP contribution is 2.19. The predicted octanol–water partition coefficient (Wildman–Crippen LogP) is -0.585. The van der Waals surface area contributed by atoms with Gasteiger partial charge < -0.3 is 15.6 Å². The van der Waals surface area contributed by atoms with E-state index in [0.29, 0.717) is 12.6 Å². The zero-order valence-corrected chi connectivity index (χ0v) is 8.44. The summed E-state index contributed by atoms with van der Waals surface area (Å²) in [6.07, 6.45) is 1.29. The first kappa shape index (κ1) is 10.9. The summed E-state index contributed by atoms with van der Waals surface area (Å²) in [7, 11) is 2.00. The van der Waals surface area contributed by atoms with Crippen molar-refractivity contribution < 1.29 is 9.84 Å². The van der Waals surface area contributed by atoms with Gasteiger partial charge in [0.1, 0.15) is 0 Å². The third-order valence-electron chi connectivity index (χ3n) is 2.92. The zero-order valence-electron chi connectivity index (χ0n) is 8.44. The Balaban J connectivity index is 2.49. The molecule has 1 aliphatic heterocycles. The molecule has 0 aromatic rings. The van der Waals surface area contributed by atoms with E-state index >= 15 is 0 Å². The van der Waals surface area contributed by atoms with Crippen molar-refractivity contribution >= 4 is 0 Å². The van der Waals surface area contributed by atoms with E-state index in [1.165, 1.54) is 0 Å². The average Bonchev–Trinajstić information content (AvgIpc) is 2.53. The molecule has 13 heavy (non-hydrogen) atoms. The normalized spacial score (nSPS) is 31.2. The van der Waals surface area contributed by atoms with Crippen molar-refractivity contribution in [2.45, 2.75) is 31.5 Å². The molecule has 4 nitrogen and oxygen atoms in total. The second-order valence-electron chi connectivity index (χ2n) is 3.67. The SMILES string of the molecule is CC1OCCC1N(C)C(CN)CO. The topological polar surface area (TPSA) is 58.7 Å². The molecular weight excluding hydrogens is 168 g/mol. The fourth-order valence-electron chi connectivity index (χ4n) is 1.90. The van der Waals surface area contributed by atoms with Crippen LogP contribution in [0.3, 0.4) is 0 Å². The Kier molecular flexibility index (Phi) is 4.12. The molecule has 0 aromatic carbocycles. The Bertz CT molecular complexity index is 151. The largest absolute Gasteiger partial charge is 0.395 e. The van der Waals surface area contributed by atoms with Crippen molar-refractivity contribution in [3.63, 3.8) is 0 Å². The molecule has 0 radical (unpaired) electrons. The Morgan fingerprint density at radius 1 is 1.69 bits per heavy atom. The molecule has 3 N–H and O–H groups in total. The van der Waals surface area contributed by atoms with Gasteiger partial charge in [0.25, 0.3) is 0 Å². The molecule has 4 heteroatoms. The maximum absolute atomic E-state index is 9.08. The van der Waals surface area contributed by atoms with Crippen LogP contribution < -0.4 is 5.73 Å². The standard InChI is InChI=1S/C9H20N2O2/c1-7-9(3-4-13-7)11(2)8(5-10)6-12/h7-9,12H,3-6,10H2,1-2H3. The first-order chi connectivity index (χ1) is 6.20. The van der Waals surface area contributed by atoms with Crippen molar-refractivity contribution in [1.29, 1.82) is 0 Å². The number of hydrogen-bond acceptors (Lipinski definition) is 4. The summed E-state index contributed by atoms with van der Waals surface area (Å²) in [5.74, 6) is 0. The Labute approximate surface area is 79.7 Å². The summed E-state index contributed by atoms with van der Waals surface area (Å²) in [6, 6.07) is 0.467. The van der Waals surface area contributed by atoms with E-state index in [1.807, 2.05) is 7.05 Å². The van der Waals surface area contributed by atoms with Gasteiger partial charge >= 0.3 is 0 Å². The third-order valence-corrected chi connectivity index (χ3v) is 2.92. The van der Waals surface area contributed by atoms with Gasteiger partial charge in [-0.05, 0) is 20.4 Å². The number of ether oxygens (including phenoxy) is 1. The van der Waals surface area contributed by atoms with Crippen molar-refractivity contribution in [3.05, 3.63) is 0 Å². The Morgan fingerprint density at radius 3 is 2.77 bits per heavy atom. The smallest absolute Gasteiger partial charge is 0.0703 e. The summed E-state index contributed by atoms with van der Waals surface area (Å²) in [4.78, 5) is 2.14. The van der Waals surface area contributed by atoms with Crippen molar-refractivity contribution in [3.8, 4) is 0 Å². The lowest BCUT2D eigenvalue weighted by Gasteiger charge is -2.32. The first-order valence-electron chi connectivity index (χ1n) is 4.85. The molecule has 1 heterocycles. The molecule has 0 bridgehead atoms. The highest BCUT2D eigenvalue weighted by Gasteiger charge is 2.30.